The second kappa shape index (κ2) is 9.90. The van der Waals surface area contributed by atoms with Gasteiger partial charge in [0.25, 0.3) is 0 Å². The van der Waals surface area contributed by atoms with Gasteiger partial charge in [-0.3, -0.25) is 0 Å². The van der Waals surface area contributed by atoms with Crippen LogP contribution in [0.4, 0.5) is 13.2 Å². The molecule has 1 saturated heterocycles. The number of hydrogen-bond acceptors (Lipinski definition) is 5. The van der Waals surface area contributed by atoms with E-state index < -0.39 is 35.1 Å². The van der Waals surface area contributed by atoms with Crippen LogP contribution in [-0.2, 0) is 27.7 Å². The average Bonchev–Trinajstić information content (AvgIpc) is 3.11. The van der Waals surface area contributed by atoms with Gasteiger partial charge in [0.1, 0.15) is 6.10 Å². The lowest BCUT2D eigenvalue weighted by molar-refractivity contribution is -0.625. The Morgan fingerprint density at radius 3 is 2.35 bits per heavy atom. The van der Waals surface area contributed by atoms with E-state index in [0.717, 1.165) is 16.4 Å². The number of nitriles is 1. The van der Waals surface area contributed by atoms with Gasteiger partial charge in [-0.05, 0) is 30.5 Å². The molecule has 2 aromatic rings. The second-order valence-electron chi connectivity index (χ2n) is 10.8. The van der Waals surface area contributed by atoms with Gasteiger partial charge in [0.15, 0.2) is 5.69 Å². The number of hydrogen-bond donors (Lipinski definition) is 1. The molecule has 6 nitrogen and oxygen atoms in total. The first-order valence-electron chi connectivity index (χ1n) is 12.7. The van der Waals surface area contributed by atoms with Crippen LogP contribution in [0.3, 0.4) is 0 Å². The van der Waals surface area contributed by atoms with E-state index in [1.54, 1.807) is 13.0 Å². The largest absolute Gasteiger partial charge is 0.618 e. The van der Waals surface area contributed by atoms with Crippen LogP contribution >= 0.6 is 0 Å². The van der Waals surface area contributed by atoms with Crippen molar-refractivity contribution in [2.24, 2.45) is 5.92 Å². The highest BCUT2D eigenvalue weighted by molar-refractivity contribution is 5.53. The summed E-state index contributed by atoms with van der Waals surface area (Å²) in [6.07, 6.45) is -5.11. The maximum absolute atomic E-state index is 13.9. The molecule has 0 amide bonds. The predicted octanol–water partition coefficient (Wildman–Crippen LogP) is 5.71. The normalized spacial score (nSPS) is 19.9. The number of fused-ring (bicyclic) bond motifs is 2. The number of alkyl halides is 3. The Kier molecular flexibility index (Phi) is 7.32. The molecule has 200 valence electrons. The molecule has 0 bridgehead atoms. The SMILES string of the molecule is CC(C)Cc1c(C(C)O)c2c(c(C(C)C)[n+]1[O-])C(c1ccc(C(F)(F)F)c(C#N)c1)OC21CCOCC1. The molecule has 1 fully saturated rings. The van der Waals surface area contributed by atoms with Crippen LogP contribution in [0.5, 0.6) is 0 Å². The Hall–Kier alpha value is -2.67. The van der Waals surface area contributed by atoms with Crippen LogP contribution in [0, 0.1) is 22.5 Å². The average molecular weight is 519 g/mol. The van der Waals surface area contributed by atoms with Crippen molar-refractivity contribution in [2.75, 3.05) is 13.2 Å². The maximum atomic E-state index is 13.9. The van der Waals surface area contributed by atoms with E-state index in [9.17, 15) is 28.7 Å². The van der Waals surface area contributed by atoms with Crippen LogP contribution in [0.15, 0.2) is 18.2 Å². The first-order chi connectivity index (χ1) is 17.3. The molecular formula is C28H33F3N2O4. The molecule has 1 spiro atoms. The Balaban J connectivity index is 2.07. The number of aliphatic hydroxyl groups excluding tert-OH is 1. The van der Waals surface area contributed by atoms with Crippen molar-refractivity contribution in [3.63, 3.8) is 0 Å². The number of benzene rings is 1. The van der Waals surface area contributed by atoms with E-state index in [0.29, 0.717) is 60.6 Å². The molecule has 9 heteroatoms. The summed E-state index contributed by atoms with van der Waals surface area (Å²) < 4.78 is 53.8. The van der Waals surface area contributed by atoms with Gasteiger partial charge in [-0.1, -0.05) is 33.8 Å². The molecule has 37 heavy (non-hydrogen) atoms. The van der Waals surface area contributed by atoms with Crippen LogP contribution in [-0.4, -0.2) is 18.3 Å². The summed E-state index contributed by atoms with van der Waals surface area (Å²) in [4.78, 5) is 0. The summed E-state index contributed by atoms with van der Waals surface area (Å²) in [5, 5.41) is 34.4. The Morgan fingerprint density at radius 1 is 1.19 bits per heavy atom. The molecular weight excluding hydrogens is 485 g/mol. The highest BCUT2D eigenvalue weighted by Crippen LogP contribution is 2.55. The lowest BCUT2D eigenvalue weighted by atomic mass is 9.77. The van der Waals surface area contributed by atoms with E-state index in [1.165, 1.54) is 12.1 Å². The highest BCUT2D eigenvalue weighted by atomic mass is 19.4. The minimum Gasteiger partial charge on any atom is -0.618 e. The first kappa shape index (κ1) is 27.4. The third kappa shape index (κ3) is 4.71. The van der Waals surface area contributed by atoms with Gasteiger partial charge in [0.05, 0.1) is 40.0 Å². The number of rotatable bonds is 5. The highest BCUT2D eigenvalue weighted by Gasteiger charge is 2.53. The molecule has 1 N–H and O–H groups in total. The lowest BCUT2D eigenvalue weighted by Gasteiger charge is -2.36. The van der Waals surface area contributed by atoms with Gasteiger partial charge in [0, 0.05) is 44.0 Å². The van der Waals surface area contributed by atoms with Gasteiger partial charge in [-0.2, -0.15) is 23.2 Å². The van der Waals surface area contributed by atoms with Crippen molar-refractivity contribution in [3.05, 3.63) is 68.2 Å². The molecule has 3 heterocycles. The molecule has 1 aromatic heterocycles. The first-order valence-corrected chi connectivity index (χ1v) is 12.7. The minimum absolute atomic E-state index is 0.146. The zero-order chi connectivity index (χ0) is 27.3. The minimum atomic E-state index is -4.67. The Bertz CT molecular complexity index is 1230. The fraction of sp³-hybridized carbons (Fsp3) is 0.571. The van der Waals surface area contributed by atoms with Gasteiger partial charge in [-0.25, -0.2) is 0 Å². The summed E-state index contributed by atoms with van der Waals surface area (Å²) in [6.45, 7) is 10.2. The molecule has 4 rings (SSSR count). The summed E-state index contributed by atoms with van der Waals surface area (Å²) >= 11 is 0. The number of nitrogens with zero attached hydrogens (tertiary/aromatic N) is 2. The van der Waals surface area contributed by atoms with Gasteiger partial charge < -0.3 is 19.8 Å². The smallest absolute Gasteiger partial charge is 0.417 e. The quantitative estimate of drug-likeness (QED) is 0.405. The lowest BCUT2D eigenvalue weighted by Crippen LogP contribution is -2.43. The molecule has 2 unspecified atom stereocenters. The van der Waals surface area contributed by atoms with Crippen molar-refractivity contribution >= 4 is 0 Å². The monoisotopic (exact) mass is 518 g/mol. The van der Waals surface area contributed by atoms with Crippen molar-refractivity contribution in [1.82, 2.24) is 0 Å². The summed E-state index contributed by atoms with van der Waals surface area (Å²) in [6, 6.07) is 5.09. The van der Waals surface area contributed by atoms with Crippen molar-refractivity contribution in [3.8, 4) is 6.07 Å². The second-order valence-corrected chi connectivity index (χ2v) is 10.8. The Labute approximate surface area is 215 Å². The number of halogens is 3. The fourth-order valence-corrected chi connectivity index (χ4v) is 5.82. The van der Waals surface area contributed by atoms with E-state index >= 15 is 0 Å². The summed E-state index contributed by atoms with van der Waals surface area (Å²) in [7, 11) is 0. The van der Waals surface area contributed by atoms with Gasteiger partial charge >= 0.3 is 6.18 Å². The van der Waals surface area contributed by atoms with E-state index in [-0.39, 0.29) is 11.8 Å². The zero-order valence-electron chi connectivity index (χ0n) is 21.8. The van der Waals surface area contributed by atoms with Crippen LogP contribution in [0.2, 0.25) is 0 Å². The van der Waals surface area contributed by atoms with E-state index in [4.69, 9.17) is 9.47 Å². The molecule has 0 radical (unpaired) electrons. The molecule has 2 aliphatic rings. The predicted molar refractivity (Wildman–Crippen MR) is 129 cm³/mol. The number of aromatic nitrogens is 1. The fourth-order valence-electron chi connectivity index (χ4n) is 5.82. The van der Waals surface area contributed by atoms with E-state index in [1.807, 2.05) is 27.7 Å². The third-order valence-corrected chi connectivity index (χ3v) is 7.29. The standard InChI is InChI=1S/C28H33F3N2O4/c1-15(2)12-21-22(17(5)34)24-23(25(16(3)4)33(21)35)26(37-27(24)8-10-36-11-9-27)18-6-7-20(28(29,30)31)19(13-18)14-32/h6-7,13,15-17,26,34H,8-12H2,1-5H3. The third-order valence-electron chi connectivity index (χ3n) is 7.29. The van der Waals surface area contributed by atoms with E-state index in [2.05, 4.69) is 0 Å². The number of ether oxygens (including phenoxy) is 2. The Morgan fingerprint density at radius 2 is 1.84 bits per heavy atom. The maximum Gasteiger partial charge on any atom is 0.417 e. The number of pyridine rings is 1. The van der Waals surface area contributed by atoms with Gasteiger partial charge in [0.2, 0.25) is 5.69 Å². The summed E-state index contributed by atoms with van der Waals surface area (Å²) in [5.41, 5.74) is 0.802. The molecule has 1 aromatic carbocycles. The molecule has 2 atom stereocenters. The summed E-state index contributed by atoms with van der Waals surface area (Å²) in [5.74, 6) is -0.0844. The van der Waals surface area contributed by atoms with Gasteiger partial charge in [-0.15, -0.1) is 0 Å². The number of aliphatic hydroxyl groups is 1. The van der Waals surface area contributed by atoms with Crippen LogP contribution in [0.1, 0.15) is 110 Å². The van der Waals surface area contributed by atoms with Crippen molar-refractivity contribution in [2.45, 2.75) is 83.8 Å². The topological polar surface area (TPSA) is 89.4 Å². The molecule has 2 aliphatic heterocycles. The molecule has 0 aliphatic carbocycles. The van der Waals surface area contributed by atoms with Crippen LogP contribution < -0.4 is 4.73 Å². The van der Waals surface area contributed by atoms with Crippen molar-refractivity contribution in [1.29, 1.82) is 5.26 Å². The van der Waals surface area contributed by atoms with Crippen LogP contribution in [0.25, 0.3) is 0 Å². The zero-order valence-corrected chi connectivity index (χ0v) is 21.8. The van der Waals surface area contributed by atoms with Crippen molar-refractivity contribution < 1.29 is 32.5 Å². The molecule has 0 saturated carbocycles.